The molecule has 0 spiro atoms. The van der Waals surface area contributed by atoms with Crippen LogP contribution in [0.5, 0.6) is 6.01 Å². The Balaban J connectivity index is 1.69. The summed E-state index contributed by atoms with van der Waals surface area (Å²) in [6.07, 6.45) is 5.01. The predicted molar refractivity (Wildman–Crippen MR) is 73.9 cm³/mol. The Morgan fingerprint density at radius 3 is 3.05 bits per heavy atom. The zero-order chi connectivity index (χ0) is 14.7. The molecule has 0 unspecified atom stereocenters. The Labute approximate surface area is 121 Å². The molecular formula is C13H15N5O3. The van der Waals surface area contributed by atoms with Crippen LogP contribution < -0.4 is 4.74 Å². The lowest BCUT2D eigenvalue weighted by molar-refractivity contribution is -0.389. The molecule has 8 nitrogen and oxygen atoms in total. The zero-order valence-electron chi connectivity index (χ0n) is 11.4. The summed E-state index contributed by atoms with van der Waals surface area (Å²) < 4.78 is 7.21. The fraction of sp³-hybridized carbons (Fsp3) is 0.385. The minimum Gasteiger partial charge on any atom is -0.444 e. The quantitative estimate of drug-likeness (QED) is 0.621. The molecule has 0 saturated heterocycles. The van der Waals surface area contributed by atoms with Crippen LogP contribution in [-0.4, -0.2) is 44.1 Å². The molecule has 2 aromatic heterocycles. The number of hydrogen-bond donors (Lipinski definition) is 0. The number of nitro groups is 1. The monoisotopic (exact) mass is 289 g/mol. The van der Waals surface area contributed by atoms with Crippen LogP contribution in [0, 0.1) is 10.1 Å². The average molecular weight is 289 g/mol. The lowest BCUT2D eigenvalue weighted by Crippen LogP contribution is -2.33. The van der Waals surface area contributed by atoms with Gasteiger partial charge in [-0.15, -0.1) is 0 Å². The van der Waals surface area contributed by atoms with Crippen LogP contribution in [0.15, 0.2) is 30.7 Å². The van der Waals surface area contributed by atoms with Crippen LogP contribution in [0.25, 0.3) is 0 Å². The molecule has 0 aliphatic carbocycles. The van der Waals surface area contributed by atoms with Gasteiger partial charge in [0.15, 0.2) is 0 Å². The summed E-state index contributed by atoms with van der Waals surface area (Å²) in [6, 6.07) is 4.26. The van der Waals surface area contributed by atoms with Crippen LogP contribution in [0.1, 0.15) is 5.56 Å². The van der Waals surface area contributed by atoms with Gasteiger partial charge in [-0.05, 0) is 16.6 Å². The van der Waals surface area contributed by atoms with E-state index in [9.17, 15) is 10.1 Å². The van der Waals surface area contributed by atoms with Gasteiger partial charge in [0.05, 0.1) is 0 Å². The Kier molecular flexibility index (Phi) is 3.78. The fourth-order valence-electron chi connectivity index (χ4n) is 2.28. The predicted octanol–water partition coefficient (Wildman–Crippen LogP) is 1.08. The van der Waals surface area contributed by atoms with Crippen molar-refractivity contribution in [3.05, 3.63) is 46.4 Å². The molecule has 3 heterocycles. The first kappa shape index (κ1) is 13.5. The van der Waals surface area contributed by atoms with Gasteiger partial charge in [-0.1, -0.05) is 6.07 Å². The molecule has 8 heteroatoms. The lowest BCUT2D eigenvalue weighted by Gasteiger charge is -2.24. The van der Waals surface area contributed by atoms with Crippen molar-refractivity contribution in [1.29, 1.82) is 0 Å². The van der Waals surface area contributed by atoms with Crippen molar-refractivity contribution in [2.75, 3.05) is 19.7 Å². The first-order chi connectivity index (χ1) is 10.2. The third-order valence-electron chi connectivity index (χ3n) is 3.34. The largest absolute Gasteiger partial charge is 0.444 e. The van der Waals surface area contributed by atoms with Gasteiger partial charge in [-0.3, -0.25) is 14.5 Å². The second-order valence-corrected chi connectivity index (χ2v) is 4.82. The highest BCUT2D eigenvalue weighted by Gasteiger charge is 2.22. The molecule has 0 radical (unpaired) electrons. The smallest absolute Gasteiger partial charge is 0.414 e. The molecule has 110 valence electrons. The molecule has 0 aromatic carbocycles. The molecule has 3 rings (SSSR count). The zero-order valence-corrected chi connectivity index (χ0v) is 11.4. The average Bonchev–Trinajstić information content (AvgIpc) is 2.86. The maximum atomic E-state index is 10.8. The Bertz CT molecular complexity index is 628. The summed E-state index contributed by atoms with van der Waals surface area (Å²) in [6.45, 7) is 3.36. The van der Waals surface area contributed by atoms with Gasteiger partial charge < -0.3 is 14.9 Å². The van der Waals surface area contributed by atoms with E-state index >= 15 is 0 Å². The third-order valence-corrected chi connectivity index (χ3v) is 3.34. The summed E-state index contributed by atoms with van der Waals surface area (Å²) in [5.74, 6) is -0.175. The van der Waals surface area contributed by atoms with Crippen molar-refractivity contribution in [3.63, 3.8) is 0 Å². The number of imidazole rings is 1. The van der Waals surface area contributed by atoms with Gasteiger partial charge in [-0.25, -0.2) is 0 Å². The van der Waals surface area contributed by atoms with Crippen molar-refractivity contribution in [2.45, 2.75) is 13.1 Å². The van der Waals surface area contributed by atoms with Crippen LogP contribution in [0.2, 0.25) is 0 Å². The summed E-state index contributed by atoms with van der Waals surface area (Å²) in [4.78, 5) is 20.5. The minimum atomic E-state index is -0.505. The maximum Gasteiger partial charge on any atom is 0.414 e. The third kappa shape index (κ3) is 3.16. The summed E-state index contributed by atoms with van der Waals surface area (Å²) in [5, 5.41) is 10.8. The van der Waals surface area contributed by atoms with Crippen molar-refractivity contribution >= 4 is 5.82 Å². The molecule has 0 atom stereocenters. The van der Waals surface area contributed by atoms with Gasteiger partial charge in [0.1, 0.15) is 12.8 Å². The number of nitrogens with zero attached hydrogens (tertiary/aromatic N) is 5. The molecule has 1 aliphatic rings. The summed E-state index contributed by atoms with van der Waals surface area (Å²) in [7, 11) is 0. The van der Waals surface area contributed by atoms with Crippen LogP contribution in [-0.2, 0) is 13.1 Å². The van der Waals surface area contributed by atoms with E-state index in [2.05, 4.69) is 14.9 Å². The lowest BCUT2D eigenvalue weighted by atomic mass is 10.2. The number of ether oxygens (including phenoxy) is 1. The van der Waals surface area contributed by atoms with Crippen LogP contribution in [0.3, 0.4) is 0 Å². The number of aromatic nitrogens is 3. The van der Waals surface area contributed by atoms with E-state index in [1.54, 1.807) is 10.8 Å². The maximum absolute atomic E-state index is 10.8. The Hall–Kier alpha value is -2.48. The summed E-state index contributed by atoms with van der Waals surface area (Å²) >= 11 is 0. The van der Waals surface area contributed by atoms with Gasteiger partial charge in [-0.2, -0.15) is 0 Å². The number of rotatable bonds is 3. The SMILES string of the molecule is O=[N+]([O-])c1cn2c(n1)OCCN(Cc1cccnc1)CC2. The van der Waals surface area contributed by atoms with E-state index in [4.69, 9.17) is 4.74 Å². The van der Waals surface area contributed by atoms with E-state index in [0.717, 1.165) is 25.2 Å². The van der Waals surface area contributed by atoms with E-state index in [0.29, 0.717) is 19.2 Å². The standard InChI is InChI=1S/C13H15N5O3/c19-18(20)12-10-17-5-4-16(6-7-21-13(17)15-12)9-11-2-1-3-14-8-11/h1-3,8,10H,4-7,9H2. The molecule has 1 aliphatic heterocycles. The highest BCUT2D eigenvalue weighted by Crippen LogP contribution is 2.19. The highest BCUT2D eigenvalue weighted by molar-refractivity contribution is 5.20. The Morgan fingerprint density at radius 2 is 2.29 bits per heavy atom. The Morgan fingerprint density at radius 1 is 1.38 bits per heavy atom. The van der Waals surface area contributed by atoms with Crippen molar-refractivity contribution in [1.82, 2.24) is 19.4 Å². The second kappa shape index (κ2) is 5.88. The first-order valence-corrected chi connectivity index (χ1v) is 6.68. The van der Waals surface area contributed by atoms with Crippen molar-refractivity contribution < 1.29 is 9.66 Å². The fourth-order valence-corrected chi connectivity index (χ4v) is 2.28. The number of pyridine rings is 1. The van der Waals surface area contributed by atoms with Gasteiger partial charge in [0.25, 0.3) is 0 Å². The highest BCUT2D eigenvalue weighted by atomic mass is 16.6. The summed E-state index contributed by atoms with van der Waals surface area (Å²) in [5.41, 5.74) is 1.13. The van der Waals surface area contributed by atoms with E-state index < -0.39 is 4.92 Å². The second-order valence-electron chi connectivity index (χ2n) is 4.82. The number of hydrogen-bond acceptors (Lipinski definition) is 6. The van der Waals surface area contributed by atoms with Gasteiger partial charge in [0.2, 0.25) is 0 Å². The van der Waals surface area contributed by atoms with Crippen molar-refractivity contribution in [3.8, 4) is 6.01 Å². The minimum absolute atomic E-state index is 0.175. The topological polar surface area (TPSA) is 86.3 Å². The molecule has 0 fully saturated rings. The molecule has 21 heavy (non-hydrogen) atoms. The van der Waals surface area contributed by atoms with E-state index in [1.165, 1.54) is 6.20 Å². The van der Waals surface area contributed by atoms with Gasteiger partial charge >= 0.3 is 11.8 Å². The molecule has 0 amide bonds. The molecule has 0 N–H and O–H groups in total. The van der Waals surface area contributed by atoms with Crippen molar-refractivity contribution in [2.24, 2.45) is 0 Å². The molecule has 0 saturated carbocycles. The number of fused-ring (bicyclic) bond motifs is 1. The normalized spacial score (nSPS) is 15.6. The molecular weight excluding hydrogens is 274 g/mol. The van der Waals surface area contributed by atoms with E-state index in [-0.39, 0.29) is 5.82 Å². The van der Waals surface area contributed by atoms with E-state index in [1.807, 2.05) is 18.3 Å². The molecule has 0 bridgehead atoms. The van der Waals surface area contributed by atoms with Crippen LogP contribution >= 0.6 is 0 Å². The molecule has 2 aromatic rings. The van der Waals surface area contributed by atoms with Gasteiger partial charge in [0, 0.05) is 43.6 Å². The van der Waals surface area contributed by atoms with Crippen LogP contribution in [0.4, 0.5) is 5.82 Å². The first-order valence-electron chi connectivity index (χ1n) is 6.68.